The van der Waals surface area contributed by atoms with Gasteiger partial charge in [-0.1, -0.05) is 54.6 Å². The molecule has 1 aliphatic rings. The van der Waals surface area contributed by atoms with Crippen molar-refractivity contribution in [2.75, 3.05) is 11.9 Å². The van der Waals surface area contributed by atoms with Crippen molar-refractivity contribution in [1.82, 2.24) is 15.2 Å². The summed E-state index contributed by atoms with van der Waals surface area (Å²) in [6.45, 7) is 2.35. The number of carbonyl (C=O) groups excluding carboxylic acids is 4. The first kappa shape index (κ1) is 29.1. The summed E-state index contributed by atoms with van der Waals surface area (Å²) in [6, 6.07) is 20.3. The lowest BCUT2D eigenvalue weighted by atomic mass is 9.92. The maximum absolute atomic E-state index is 13.7. The Bertz CT molecular complexity index is 1620. The highest BCUT2D eigenvalue weighted by Gasteiger charge is 2.36. The van der Waals surface area contributed by atoms with Gasteiger partial charge in [0.2, 0.25) is 17.7 Å². The Labute approximate surface area is 248 Å². The van der Waals surface area contributed by atoms with E-state index in [9.17, 15) is 19.2 Å². The predicted molar refractivity (Wildman–Crippen MR) is 163 cm³/mol. The summed E-state index contributed by atoms with van der Waals surface area (Å²) < 4.78 is 0.950. The lowest BCUT2D eigenvalue weighted by Crippen LogP contribution is -2.56. The van der Waals surface area contributed by atoms with Gasteiger partial charge in [-0.25, -0.2) is 4.98 Å². The average Bonchev–Trinajstić information content (AvgIpc) is 3.38. The molecule has 5 rings (SSSR count). The number of carbonyl (C=O) groups is 4. The second-order valence-corrected chi connectivity index (χ2v) is 11.6. The highest BCUT2D eigenvalue weighted by Crippen LogP contribution is 2.26. The smallest absolute Gasteiger partial charge is 0.247 e. The molecule has 2 heterocycles. The first-order valence-electron chi connectivity index (χ1n) is 14.0. The lowest BCUT2D eigenvalue weighted by molar-refractivity contribution is -0.142. The molecular weight excluding hydrogens is 550 g/mol. The summed E-state index contributed by atoms with van der Waals surface area (Å²) in [5.41, 5.74) is 9.73. The molecule has 0 aliphatic carbocycles. The summed E-state index contributed by atoms with van der Waals surface area (Å²) in [5.74, 6) is -1.25. The monoisotopic (exact) mass is 583 g/mol. The highest BCUT2D eigenvalue weighted by atomic mass is 32.1. The molecule has 42 heavy (non-hydrogen) atoms. The van der Waals surface area contributed by atoms with Gasteiger partial charge in [0, 0.05) is 37.1 Å². The third kappa shape index (κ3) is 6.72. The van der Waals surface area contributed by atoms with Crippen molar-refractivity contribution >= 4 is 50.7 Å². The Balaban J connectivity index is 1.30. The van der Waals surface area contributed by atoms with Crippen LogP contribution in [0.15, 0.2) is 72.8 Å². The SMILES string of the molecule is Cc1nc2ccc(NC(=O)[C@H](CCN)NC(=O)[C@@H]3Cc4ccccc4CN3C(=O)CCC(=O)c3ccccc3)cc2s1. The standard InChI is InChI=1S/C32H33N5O4S/c1-20-34-25-12-11-24(18-29(25)42-20)35-31(40)26(15-16-33)36-32(41)27-17-22-9-5-6-10-23(22)19-37(27)30(39)14-13-28(38)21-7-3-2-4-8-21/h2-12,18,26-27H,13-17,19,33H2,1H3,(H,35,40)(H,36,41)/t26-,27-/m0/s1. The molecule has 4 N–H and O–H groups in total. The molecule has 1 aliphatic heterocycles. The molecule has 1 aromatic heterocycles. The minimum Gasteiger partial charge on any atom is -0.342 e. The Kier molecular flexibility index (Phi) is 9.04. The van der Waals surface area contributed by atoms with Crippen LogP contribution in [0.2, 0.25) is 0 Å². The van der Waals surface area contributed by atoms with E-state index in [1.54, 1.807) is 30.3 Å². The van der Waals surface area contributed by atoms with Crippen LogP contribution in [0, 0.1) is 6.92 Å². The van der Waals surface area contributed by atoms with Gasteiger partial charge in [0.15, 0.2) is 5.78 Å². The number of aromatic nitrogens is 1. The first-order chi connectivity index (χ1) is 20.3. The molecule has 3 amide bonds. The van der Waals surface area contributed by atoms with Gasteiger partial charge in [-0.3, -0.25) is 19.2 Å². The molecule has 9 nitrogen and oxygen atoms in total. The maximum Gasteiger partial charge on any atom is 0.247 e. The van der Waals surface area contributed by atoms with Gasteiger partial charge in [-0.05, 0) is 49.2 Å². The molecule has 4 aromatic rings. The van der Waals surface area contributed by atoms with Gasteiger partial charge >= 0.3 is 0 Å². The van der Waals surface area contributed by atoms with E-state index in [-0.39, 0.29) is 44.0 Å². The van der Waals surface area contributed by atoms with Crippen LogP contribution < -0.4 is 16.4 Å². The van der Waals surface area contributed by atoms with Crippen molar-refractivity contribution in [2.45, 2.75) is 51.2 Å². The number of hydrogen-bond donors (Lipinski definition) is 3. The van der Waals surface area contributed by atoms with E-state index in [1.165, 1.54) is 16.2 Å². The molecule has 0 spiro atoms. The number of hydrogen-bond acceptors (Lipinski definition) is 7. The molecule has 3 aromatic carbocycles. The normalized spacial score (nSPS) is 15.1. The van der Waals surface area contributed by atoms with Crippen LogP contribution in [0.1, 0.15) is 45.8 Å². The van der Waals surface area contributed by atoms with E-state index in [1.807, 2.05) is 49.4 Å². The number of nitrogens with one attached hydrogen (secondary N) is 2. The van der Waals surface area contributed by atoms with Gasteiger partial charge in [0.25, 0.3) is 0 Å². The number of ketones is 1. The van der Waals surface area contributed by atoms with Crippen molar-refractivity contribution < 1.29 is 19.2 Å². The quantitative estimate of drug-likeness (QED) is 0.242. The molecule has 0 radical (unpaired) electrons. The third-order valence-electron chi connectivity index (χ3n) is 7.38. The van der Waals surface area contributed by atoms with E-state index in [4.69, 9.17) is 5.73 Å². The minimum atomic E-state index is -0.893. The zero-order valence-corrected chi connectivity index (χ0v) is 24.2. The Morgan fingerprint density at radius 2 is 1.74 bits per heavy atom. The molecule has 0 unspecified atom stereocenters. The van der Waals surface area contributed by atoms with Gasteiger partial charge in [0.1, 0.15) is 12.1 Å². The average molecular weight is 584 g/mol. The van der Waals surface area contributed by atoms with E-state index < -0.39 is 23.9 Å². The largest absolute Gasteiger partial charge is 0.342 e. The van der Waals surface area contributed by atoms with Crippen LogP contribution in [-0.2, 0) is 27.3 Å². The predicted octanol–water partition coefficient (Wildman–Crippen LogP) is 3.99. The molecule has 0 saturated carbocycles. The fraction of sp³-hybridized carbons (Fsp3) is 0.281. The van der Waals surface area contributed by atoms with Gasteiger partial charge in [-0.15, -0.1) is 11.3 Å². The topological polar surface area (TPSA) is 134 Å². The lowest BCUT2D eigenvalue weighted by Gasteiger charge is -2.36. The van der Waals surface area contributed by atoms with Crippen molar-refractivity contribution in [3.8, 4) is 0 Å². The van der Waals surface area contributed by atoms with Crippen molar-refractivity contribution in [3.05, 3.63) is 94.5 Å². The first-order valence-corrected chi connectivity index (χ1v) is 14.8. The van der Waals surface area contributed by atoms with Crippen LogP contribution >= 0.6 is 11.3 Å². The van der Waals surface area contributed by atoms with E-state index in [0.29, 0.717) is 17.7 Å². The zero-order valence-electron chi connectivity index (χ0n) is 23.3. The van der Waals surface area contributed by atoms with Crippen LogP contribution in [-0.4, -0.2) is 52.0 Å². The van der Waals surface area contributed by atoms with Crippen LogP contribution in [0.25, 0.3) is 10.2 Å². The van der Waals surface area contributed by atoms with Gasteiger partial charge in [0.05, 0.1) is 15.2 Å². The number of nitrogens with zero attached hydrogens (tertiary/aromatic N) is 2. The molecule has 0 fully saturated rings. The zero-order chi connectivity index (χ0) is 29.6. The number of nitrogens with two attached hydrogens (primary N) is 1. The number of benzene rings is 3. The fourth-order valence-electron chi connectivity index (χ4n) is 5.20. The molecule has 216 valence electrons. The van der Waals surface area contributed by atoms with E-state index in [0.717, 1.165) is 26.4 Å². The summed E-state index contributed by atoms with van der Waals surface area (Å²) in [6.07, 6.45) is 0.546. The van der Waals surface area contributed by atoms with Crippen molar-refractivity contribution in [2.24, 2.45) is 5.73 Å². The summed E-state index contributed by atoms with van der Waals surface area (Å²) >= 11 is 1.53. The molecule has 2 atom stereocenters. The summed E-state index contributed by atoms with van der Waals surface area (Å²) in [5, 5.41) is 6.67. The Hall–Kier alpha value is -4.41. The Morgan fingerprint density at radius 3 is 2.50 bits per heavy atom. The number of aryl methyl sites for hydroxylation is 1. The second-order valence-electron chi connectivity index (χ2n) is 10.3. The summed E-state index contributed by atoms with van der Waals surface area (Å²) in [7, 11) is 0. The Morgan fingerprint density at radius 1 is 1.00 bits per heavy atom. The van der Waals surface area contributed by atoms with E-state index >= 15 is 0 Å². The number of thiazole rings is 1. The number of amides is 3. The van der Waals surface area contributed by atoms with E-state index in [2.05, 4.69) is 15.6 Å². The molecular formula is C32H33N5O4S. The second kappa shape index (κ2) is 13.1. The van der Waals surface area contributed by atoms with Crippen LogP contribution in [0.4, 0.5) is 5.69 Å². The van der Waals surface area contributed by atoms with Gasteiger partial charge < -0.3 is 21.3 Å². The molecule has 10 heteroatoms. The van der Waals surface area contributed by atoms with Crippen LogP contribution in [0.3, 0.4) is 0 Å². The number of anilines is 1. The maximum atomic E-state index is 13.7. The molecule has 0 bridgehead atoms. The van der Waals surface area contributed by atoms with Crippen molar-refractivity contribution in [3.63, 3.8) is 0 Å². The highest BCUT2D eigenvalue weighted by molar-refractivity contribution is 7.18. The third-order valence-corrected chi connectivity index (χ3v) is 8.32. The molecule has 0 saturated heterocycles. The number of Topliss-reactive ketones (excluding diaryl/α,β-unsaturated/α-hetero) is 1. The summed E-state index contributed by atoms with van der Waals surface area (Å²) in [4.78, 5) is 59.0. The fourth-order valence-corrected chi connectivity index (χ4v) is 6.07. The van der Waals surface area contributed by atoms with Gasteiger partial charge in [-0.2, -0.15) is 0 Å². The number of fused-ring (bicyclic) bond motifs is 2. The minimum absolute atomic E-state index is 0.0219. The number of rotatable bonds is 10. The van der Waals surface area contributed by atoms with Crippen molar-refractivity contribution in [1.29, 1.82) is 0 Å². The van der Waals surface area contributed by atoms with Crippen LogP contribution in [0.5, 0.6) is 0 Å².